The zero-order valence-electron chi connectivity index (χ0n) is 22.5. The maximum absolute atomic E-state index is 13.5. The highest BCUT2D eigenvalue weighted by Gasteiger charge is 2.42. The van der Waals surface area contributed by atoms with Crippen molar-refractivity contribution in [3.63, 3.8) is 0 Å². The zero-order valence-corrected chi connectivity index (χ0v) is 24.0. The van der Waals surface area contributed by atoms with Crippen LogP contribution in [-0.2, 0) is 11.1 Å². The molecule has 2 fully saturated rings. The van der Waals surface area contributed by atoms with Crippen molar-refractivity contribution in [3.8, 4) is 0 Å². The Morgan fingerprint density at radius 3 is 2.21 bits per heavy atom. The summed E-state index contributed by atoms with van der Waals surface area (Å²) in [6.07, 6.45) is 3.26. The highest BCUT2D eigenvalue weighted by molar-refractivity contribution is 6.42. The lowest BCUT2D eigenvalue weighted by Crippen LogP contribution is -2.57. The molecule has 0 radical (unpaired) electrons. The highest BCUT2D eigenvalue weighted by atomic mass is 35.5. The number of rotatable bonds is 7. The number of hydrogen-bond donors (Lipinski definition) is 1. The first-order chi connectivity index (χ1) is 18.8. The quantitative estimate of drug-likeness (QED) is 0.379. The smallest absolute Gasteiger partial charge is 0.253 e. The van der Waals surface area contributed by atoms with Gasteiger partial charge in [-0.3, -0.25) is 9.69 Å². The summed E-state index contributed by atoms with van der Waals surface area (Å²) in [5.41, 5.74) is 1.67. The van der Waals surface area contributed by atoms with Gasteiger partial charge in [0, 0.05) is 44.8 Å². The summed E-state index contributed by atoms with van der Waals surface area (Å²) in [5, 5.41) is 12.3. The maximum atomic E-state index is 13.5. The van der Waals surface area contributed by atoms with Crippen LogP contribution >= 0.6 is 23.2 Å². The van der Waals surface area contributed by atoms with Crippen LogP contribution in [0.4, 0.5) is 0 Å². The molecule has 2 aliphatic rings. The van der Waals surface area contributed by atoms with Gasteiger partial charge in [-0.05, 0) is 68.1 Å². The van der Waals surface area contributed by atoms with Gasteiger partial charge >= 0.3 is 0 Å². The number of aliphatic hydroxyl groups is 1. The van der Waals surface area contributed by atoms with Gasteiger partial charge in [0.1, 0.15) is 0 Å². The summed E-state index contributed by atoms with van der Waals surface area (Å²) < 4.78 is 0. The van der Waals surface area contributed by atoms with E-state index in [9.17, 15) is 9.90 Å². The third-order valence-corrected chi connectivity index (χ3v) is 9.45. The second kappa shape index (κ2) is 12.0. The second-order valence-electron chi connectivity index (χ2n) is 11.0. The minimum absolute atomic E-state index is 0.0596. The van der Waals surface area contributed by atoms with Crippen LogP contribution in [0.25, 0.3) is 0 Å². The summed E-state index contributed by atoms with van der Waals surface area (Å²) in [6.45, 7) is 4.72. The Labute approximate surface area is 241 Å². The molecule has 0 bridgehead atoms. The first kappa shape index (κ1) is 28.1. The van der Waals surface area contributed by atoms with E-state index in [1.807, 2.05) is 77.7 Å². The molecule has 0 aromatic heterocycles. The molecule has 1 unspecified atom stereocenters. The van der Waals surface area contributed by atoms with Crippen LogP contribution in [-0.4, -0.2) is 72.0 Å². The fraction of sp³-hybridized carbons (Fsp3) is 0.406. The molecule has 1 N–H and O–H groups in total. The van der Waals surface area contributed by atoms with Crippen molar-refractivity contribution in [2.45, 2.75) is 36.8 Å². The summed E-state index contributed by atoms with van der Waals surface area (Å²) in [5.74, 6) is 0.0596. The van der Waals surface area contributed by atoms with Crippen LogP contribution in [0, 0.1) is 0 Å². The van der Waals surface area contributed by atoms with E-state index in [1.54, 1.807) is 0 Å². The number of piperidine rings is 2. The van der Waals surface area contributed by atoms with Crippen molar-refractivity contribution in [2.24, 2.45) is 0 Å². The van der Waals surface area contributed by atoms with E-state index in [2.05, 4.69) is 22.9 Å². The van der Waals surface area contributed by atoms with Gasteiger partial charge in [0.05, 0.1) is 21.2 Å². The highest BCUT2D eigenvalue weighted by Crippen LogP contribution is 2.40. The van der Waals surface area contributed by atoms with Crippen LogP contribution < -0.4 is 0 Å². The van der Waals surface area contributed by atoms with E-state index in [-0.39, 0.29) is 11.4 Å². The third kappa shape index (κ3) is 6.03. The number of hydrogen-bond acceptors (Lipinski definition) is 4. The fourth-order valence-corrected chi connectivity index (χ4v) is 6.51. The predicted molar refractivity (Wildman–Crippen MR) is 158 cm³/mol. The van der Waals surface area contributed by atoms with Gasteiger partial charge in [0.15, 0.2) is 0 Å². The molecular weight excluding hydrogens is 529 g/mol. The van der Waals surface area contributed by atoms with Crippen molar-refractivity contribution < 1.29 is 9.90 Å². The lowest BCUT2D eigenvalue weighted by Gasteiger charge is -2.49. The van der Waals surface area contributed by atoms with Gasteiger partial charge in [-0.2, -0.15) is 0 Å². The molecule has 0 aliphatic carbocycles. The van der Waals surface area contributed by atoms with Crippen LogP contribution in [0.15, 0.2) is 78.9 Å². The lowest BCUT2D eigenvalue weighted by atomic mass is 9.80. The average Bonchev–Trinajstić information content (AvgIpc) is 2.98. The molecule has 3 aromatic carbocycles. The first-order valence-electron chi connectivity index (χ1n) is 13.8. The van der Waals surface area contributed by atoms with E-state index < -0.39 is 5.60 Å². The molecule has 2 heterocycles. The van der Waals surface area contributed by atoms with Crippen molar-refractivity contribution in [2.75, 3.05) is 46.3 Å². The fourth-order valence-electron chi connectivity index (χ4n) is 6.22. The summed E-state index contributed by atoms with van der Waals surface area (Å²) in [4.78, 5) is 20.3. The number of amides is 1. The number of benzene rings is 3. The minimum Gasteiger partial charge on any atom is -0.385 e. The standard InChI is InChI=1S/C32H37Cl2N3O2/c1-35(21-22-36-19-16-32(39,17-20-36)26-11-6-3-7-12-26)31(27-13-14-28(33)29(34)23-27)15-8-18-37(24-31)30(38)25-9-4-2-5-10-25/h2-7,9-14,23,39H,8,15-22,24H2,1H3. The van der Waals surface area contributed by atoms with E-state index in [4.69, 9.17) is 23.2 Å². The molecule has 39 heavy (non-hydrogen) atoms. The number of nitrogens with zero attached hydrogens (tertiary/aromatic N) is 3. The van der Waals surface area contributed by atoms with Crippen LogP contribution in [0.3, 0.4) is 0 Å². The molecule has 2 saturated heterocycles. The van der Waals surface area contributed by atoms with Crippen LogP contribution in [0.5, 0.6) is 0 Å². The zero-order chi connectivity index (χ0) is 27.5. The van der Waals surface area contributed by atoms with Crippen molar-refractivity contribution in [1.29, 1.82) is 0 Å². The molecule has 3 aromatic rings. The second-order valence-corrected chi connectivity index (χ2v) is 11.8. The van der Waals surface area contributed by atoms with Crippen molar-refractivity contribution >= 4 is 29.1 Å². The SMILES string of the molecule is CN(CCN1CCC(O)(c2ccccc2)CC1)C1(c2ccc(Cl)c(Cl)c2)CCCN(C(=O)c2ccccc2)C1. The number of carbonyl (C=O) groups is 1. The molecule has 7 heteroatoms. The Balaban J connectivity index is 1.32. The van der Waals surface area contributed by atoms with E-state index >= 15 is 0 Å². The molecule has 2 aliphatic heterocycles. The molecule has 1 amide bonds. The molecule has 5 rings (SSSR count). The summed E-state index contributed by atoms with van der Waals surface area (Å²) in [6, 6.07) is 25.4. The minimum atomic E-state index is -0.757. The monoisotopic (exact) mass is 565 g/mol. The van der Waals surface area contributed by atoms with Gasteiger partial charge < -0.3 is 14.9 Å². The van der Waals surface area contributed by atoms with Crippen molar-refractivity contribution in [1.82, 2.24) is 14.7 Å². The third-order valence-electron chi connectivity index (χ3n) is 8.71. The Hall–Kier alpha value is -2.41. The normalized spacial score (nSPS) is 21.7. The Kier molecular flexibility index (Phi) is 8.65. The topological polar surface area (TPSA) is 47.0 Å². The molecule has 1 atom stereocenters. The van der Waals surface area contributed by atoms with Gasteiger partial charge in [0.25, 0.3) is 5.91 Å². The molecule has 206 valence electrons. The Bertz CT molecular complexity index is 1260. The maximum Gasteiger partial charge on any atom is 0.253 e. The van der Waals surface area contributed by atoms with Gasteiger partial charge in [0.2, 0.25) is 0 Å². The number of likely N-dealkylation sites (N-methyl/N-ethyl adjacent to an activating group) is 1. The van der Waals surface area contributed by atoms with Crippen molar-refractivity contribution in [3.05, 3.63) is 106 Å². The average molecular weight is 567 g/mol. The molecule has 0 saturated carbocycles. The van der Waals surface area contributed by atoms with Gasteiger partial charge in [-0.1, -0.05) is 77.8 Å². The summed E-state index contributed by atoms with van der Waals surface area (Å²) in [7, 11) is 2.16. The largest absolute Gasteiger partial charge is 0.385 e. The lowest BCUT2D eigenvalue weighted by molar-refractivity contribution is -0.0316. The first-order valence-corrected chi connectivity index (χ1v) is 14.6. The van der Waals surface area contributed by atoms with Crippen LogP contribution in [0.2, 0.25) is 10.0 Å². The van der Waals surface area contributed by atoms with Crippen LogP contribution in [0.1, 0.15) is 47.2 Å². The van der Waals surface area contributed by atoms with Gasteiger partial charge in [-0.25, -0.2) is 0 Å². The van der Waals surface area contributed by atoms with E-state index in [1.165, 1.54) is 0 Å². The molecule has 0 spiro atoms. The van der Waals surface area contributed by atoms with E-state index in [0.29, 0.717) is 22.2 Å². The predicted octanol–water partition coefficient (Wildman–Crippen LogP) is 6.04. The van der Waals surface area contributed by atoms with Gasteiger partial charge in [-0.15, -0.1) is 0 Å². The molecule has 5 nitrogen and oxygen atoms in total. The number of halogens is 2. The number of carbonyl (C=O) groups excluding carboxylic acids is 1. The van der Waals surface area contributed by atoms with E-state index in [0.717, 1.165) is 69.5 Å². The molecular formula is C32H37Cl2N3O2. The Morgan fingerprint density at radius 2 is 1.54 bits per heavy atom. The Morgan fingerprint density at radius 1 is 0.872 bits per heavy atom. The summed E-state index contributed by atoms with van der Waals surface area (Å²) >= 11 is 12.8. The number of likely N-dealkylation sites (tertiary alicyclic amines) is 2.